The van der Waals surface area contributed by atoms with Crippen LogP contribution in [0.4, 0.5) is 4.39 Å². The van der Waals surface area contributed by atoms with Crippen molar-refractivity contribution in [3.8, 4) is 17.2 Å². The maximum Gasteiger partial charge on any atom is 0.248 e. The molecule has 0 atom stereocenters. The predicted molar refractivity (Wildman–Crippen MR) is 81.6 cm³/mol. The highest BCUT2D eigenvalue weighted by molar-refractivity contribution is 5.66. The smallest absolute Gasteiger partial charge is 0.248 e. The molecule has 0 radical (unpaired) electrons. The number of nitrogens with zero attached hydrogens (tertiary/aromatic N) is 2. The van der Waals surface area contributed by atoms with Gasteiger partial charge in [0.1, 0.15) is 11.6 Å². The Hall–Kier alpha value is -2.95. The number of hydrogen-bond donors (Lipinski definition) is 0. The lowest BCUT2D eigenvalue weighted by atomic mass is 10.2. The van der Waals surface area contributed by atoms with Gasteiger partial charge in [0.25, 0.3) is 0 Å². The highest BCUT2D eigenvalue weighted by atomic mass is 19.1. The van der Waals surface area contributed by atoms with Crippen molar-refractivity contribution in [2.45, 2.75) is 0 Å². The minimum absolute atomic E-state index is 0.303. The molecule has 4 nitrogen and oxygen atoms in total. The fraction of sp³-hybridized carbons (Fsp3) is 0.0588. The largest absolute Gasteiger partial charge is 0.497 e. The third-order valence-corrected chi connectivity index (χ3v) is 3.07. The maximum atomic E-state index is 12.9. The van der Waals surface area contributed by atoms with Crippen molar-refractivity contribution in [3.05, 3.63) is 65.8 Å². The molecule has 0 saturated heterocycles. The van der Waals surface area contributed by atoms with E-state index in [9.17, 15) is 4.39 Å². The Morgan fingerprint density at radius 3 is 2.36 bits per heavy atom. The second-order valence-corrected chi connectivity index (χ2v) is 4.56. The Kier molecular flexibility index (Phi) is 3.96. The molecule has 1 heterocycles. The van der Waals surface area contributed by atoms with E-state index in [1.165, 1.54) is 12.1 Å². The molecule has 3 rings (SSSR count). The zero-order chi connectivity index (χ0) is 15.4. The minimum atomic E-state index is -0.303. The first kappa shape index (κ1) is 14.0. The van der Waals surface area contributed by atoms with Crippen molar-refractivity contribution < 1.29 is 13.5 Å². The van der Waals surface area contributed by atoms with Crippen LogP contribution in [0.1, 0.15) is 11.5 Å². The SMILES string of the molecule is COc1ccc(/C=C/c2nnc(-c3ccc(F)cc3)o2)cc1. The number of ether oxygens (including phenoxy) is 1. The lowest BCUT2D eigenvalue weighted by Crippen LogP contribution is -1.81. The first-order valence-electron chi connectivity index (χ1n) is 6.66. The Labute approximate surface area is 126 Å². The van der Waals surface area contributed by atoms with E-state index in [0.29, 0.717) is 17.3 Å². The van der Waals surface area contributed by atoms with Gasteiger partial charge in [-0.3, -0.25) is 0 Å². The number of aromatic nitrogens is 2. The summed E-state index contributed by atoms with van der Waals surface area (Å²) in [6, 6.07) is 13.5. The summed E-state index contributed by atoms with van der Waals surface area (Å²) in [6.07, 6.45) is 3.59. The average molecular weight is 296 g/mol. The van der Waals surface area contributed by atoms with Crippen molar-refractivity contribution in [1.82, 2.24) is 10.2 Å². The van der Waals surface area contributed by atoms with E-state index >= 15 is 0 Å². The highest BCUT2D eigenvalue weighted by Crippen LogP contribution is 2.19. The third kappa shape index (κ3) is 3.20. The van der Waals surface area contributed by atoms with E-state index in [4.69, 9.17) is 9.15 Å². The van der Waals surface area contributed by atoms with Gasteiger partial charge in [0.05, 0.1) is 7.11 Å². The molecule has 0 aliphatic carbocycles. The fourth-order valence-corrected chi connectivity index (χ4v) is 1.89. The lowest BCUT2D eigenvalue weighted by Gasteiger charge is -1.98. The molecule has 0 fully saturated rings. The molecule has 0 amide bonds. The van der Waals surface area contributed by atoms with Gasteiger partial charge in [0.15, 0.2) is 0 Å². The Bertz CT molecular complexity index is 777. The molecule has 0 spiro atoms. The van der Waals surface area contributed by atoms with Gasteiger partial charge in [-0.1, -0.05) is 12.1 Å². The van der Waals surface area contributed by atoms with Crippen LogP contribution in [-0.2, 0) is 0 Å². The number of hydrogen-bond acceptors (Lipinski definition) is 4. The summed E-state index contributed by atoms with van der Waals surface area (Å²) in [7, 11) is 1.63. The molecule has 0 aliphatic heterocycles. The quantitative estimate of drug-likeness (QED) is 0.728. The van der Waals surface area contributed by atoms with Crippen LogP contribution in [0, 0.1) is 5.82 Å². The van der Waals surface area contributed by atoms with E-state index in [1.54, 1.807) is 25.3 Å². The minimum Gasteiger partial charge on any atom is -0.497 e. The summed E-state index contributed by atoms with van der Waals surface area (Å²) >= 11 is 0. The molecule has 0 N–H and O–H groups in total. The standard InChI is InChI=1S/C17H13FN2O2/c1-21-15-9-2-12(3-10-15)4-11-16-19-20-17(22-16)13-5-7-14(18)8-6-13/h2-11H,1H3/b11-4+. The van der Waals surface area contributed by atoms with Crippen LogP contribution in [0.25, 0.3) is 23.6 Å². The average Bonchev–Trinajstić information content (AvgIpc) is 3.03. The molecule has 22 heavy (non-hydrogen) atoms. The monoisotopic (exact) mass is 296 g/mol. The zero-order valence-electron chi connectivity index (χ0n) is 11.9. The third-order valence-electron chi connectivity index (χ3n) is 3.07. The zero-order valence-corrected chi connectivity index (χ0v) is 11.9. The van der Waals surface area contributed by atoms with Crippen molar-refractivity contribution in [3.63, 3.8) is 0 Å². The van der Waals surface area contributed by atoms with Gasteiger partial charge in [-0.15, -0.1) is 10.2 Å². The summed E-state index contributed by atoms with van der Waals surface area (Å²) in [5.41, 5.74) is 1.67. The summed E-state index contributed by atoms with van der Waals surface area (Å²) in [4.78, 5) is 0. The first-order chi connectivity index (χ1) is 10.7. The van der Waals surface area contributed by atoms with Crippen molar-refractivity contribution in [2.75, 3.05) is 7.11 Å². The van der Waals surface area contributed by atoms with Crippen LogP contribution >= 0.6 is 0 Å². The van der Waals surface area contributed by atoms with E-state index in [2.05, 4.69) is 10.2 Å². The van der Waals surface area contributed by atoms with Crippen LogP contribution in [0.5, 0.6) is 5.75 Å². The molecule has 1 aromatic heterocycles. The number of rotatable bonds is 4. The van der Waals surface area contributed by atoms with Gasteiger partial charge in [-0.25, -0.2) is 4.39 Å². The van der Waals surface area contributed by atoms with Gasteiger partial charge in [-0.2, -0.15) is 0 Å². The number of benzene rings is 2. The molecule has 2 aromatic carbocycles. The van der Waals surface area contributed by atoms with Crippen molar-refractivity contribution in [2.24, 2.45) is 0 Å². The van der Waals surface area contributed by atoms with Crippen LogP contribution in [0.15, 0.2) is 52.9 Å². The van der Waals surface area contributed by atoms with Crippen LogP contribution in [0.2, 0.25) is 0 Å². The van der Waals surface area contributed by atoms with E-state index in [-0.39, 0.29) is 5.82 Å². The van der Waals surface area contributed by atoms with Crippen molar-refractivity contribution >= 4 is 12.2 Å². The molecular formula is C17H13FN2O2. The number of methoxy groups -OCH3 is 1. The fourth-order valence-electron chi connectivity index (χ4n) is 1.89. The first-order valence-corrected chi connectivity index (χ1v) is 6.66. The summed E-state index contributed by atoms with van der Waals surface area (Å²) < 4.78 is 23.5. The van der Waals surface area contributed by atoms with Crippen molar-refractivity contribution in [1.29, 1.82) is 0 Å². The van der Waals surface area contributed by atoms with Crippen LogP contribution in [0.3, 0.4) is 0 Å². The second kappa shape index (κ2) is 6.22. The molecule has 0 unspecified atom stereocenters. The Balaban J connectivity index is 1.75. The van der Waals surface area contributed by atoms with E-state index in [1.807, 2.05) is 30.3 Å². The molecule has 5 heteroatoms. The van der Waals surface area contributed by atoms with Gasteiger partial charge in [0.2, 0.25) is 11.8 Å². The second-order valence-electron chi connectivity index (χ2n) is 4.56. The molecule has 0 bridgehead atoms. The van der Waals surface area contributed by atoms with Crippen LogP contribution < -0.4 is 4.74 Å². The van der Waals surface area contributed by atoms with E-state index in [0.717, 1.165) is 11.3 Å². The Morgan fingerprint density at radius 1 is 0.955 bits per heavy atom. The van der Waals surface area contributed by atoms with Gasteiger partial charge < -0.3 is 9.15 Å². The molecule has 0 aliphatic rings. The maximum absolute atomic E-state index is 12.9. The summed E-state index contributed by atoms with van der Waals surface area (Å²) in [6.45, 7) is 0. The van der Waals surface area contributed by atoms with Gasteiger partial charge >= 0.3 is 0 Å². The Morgan fingerprint density at radius 2 is 1.68 bits per heavy atom. The molecular weight excluding hydrogens is 283 g/mol. The molecule has 3 aromatic rings. The summed E-state index contributed by atoms with van der Waals surface area (Å²) in [5.74, 6) is 1.24. The molecule has 0 saturated carbocycles. The topological polar surface area (TPSA) is 48.2 Å². The summed E-state index contributed by atoms with van der Waals surface area (Å²) in [5, 5.41) is 7.89. The lowest BCUT2D eigenvalue weighted by molar-refractivity contribution is 0.415. The highest BCUT2D eigenvalue weighted by Gasteiger charge is 2.06. The predicted octanol–water partition coefficient (Wildman–Crippen LogP) is 4.05. The number of halogens is 1. The van der Waals surface area contributed by atoms with Gasteiger partial charge in [-0.05, 0) is 48.0 Å². The van der Waals surface area contributed by atoms with E-state index < -0.39 is 0 Å². The van der Waals surface area contributed by atoms with Crippen LogP contribution in [-0.4, -0.2) is 17.3 Å². The van der Waals surface area contributed by atoms with Gasteiger partial charge in [0, 0.05) is 11.6 Å². The normalized spacial score (nSPS) is 11.0. The molecule has 110 valence electrons.